The number of rotatable bonds is 40. The average Bonchev–Trinajstić information content (AvgIpc) is 0.764. The van der Waals surface area contributed by atoms with Crippen LogP contribution in [0.4, 0.5) is 21.9 Å². The number of nitrogens with one attached hydrogen (secondary N) is 1. The molecule has 6 unspecified atom stereocenters. The van der Waals surface area contributed by atoms with E-state index in [0.717, 1.165) is 145 Å². The molecule has 6 aliphatic rings. The lowest BCUT2D eigenvalue weighted by molar-refractivity contribution is -0.00246. The van der Waals surface area contributed by atoms with Crippen LogP contribution in [0.5, 0.6) is 0 Å². The summed E-state index contributed by atoms with van der Waals surface area (Å²) in [7, 11) is 5.12. The number of nitrogens with zero attached hydrogens (tertiary/aromatic N) is 3. The Labute approximate surface area is 727 Å². The van der Waals surface area contributed by atoms with Crippen molar-refractivity contribution in [2.45, 2.75) is 264 Å². The van der Waals surface area contributed by atoms with Gasteiger partial charge in [0.25, 0.3) is 0 Å². The lowest BCUT2D eigenvalue weighted by atomic mass is 9.76. The summed E-state index contributed by atoms with van der Waals surface area (Å²) < 4.78 is 39.9. The summed E-state index contributed by atoms with van der Waals surface area (Å²) in [6.07, 6.45) is 32.5. The zero-order chi connectivity index (χ0) is 86.7. The second kappa shape index (κ2) is 51.2. The number of hydrogen-bond donors (Lipinski definition) is 3. The highest BCUT2D eigenvalue weighted by Gasteiger charge is 2.39. The number of anilines is 3. The van der Waals surface area contributed by atoms with Crippen molar-refractivity contribution in [2.75, 3.05) is 115 Å². The van der Waals surface area contributed by atoms with Crippen LogP contribution < -0.4 is 64.1 Å². The Hall–Kier alpha value is -7.53. The molecule has 0 bridgehead atoms. The smallest absolute Gasteiger partial charge is 0.407 e. The molecule has 1 amide bonds. The number of carbonyl (C=O) groups is 1. The molecule has 3 saturated heterocycles. The topological polar surface area (TPSA) is 258 Å². The summed E-state index contributed by atoms with van der Waals surface area (Å²) in [5, 5.41) is 2.85. The van der Waals surface area contributed by atoms with Crippen LogP contribution in [-0.4, -0.2) is 124 Å². The summed E-state index contributed by atoms with van der Waals surface area (Å²) in [5.74, 6) is 4.22. The van der Waals surface area contributed by atoms with Gasteiger partial charge in [0.05, 0.1) is 35.4 Å². The van der Waals surface area contributed by atoms with Gasteiger partial charge in [-0.1, -0.05) is 231 Å². The summed E-state index contributed by atoms with van der Waals surface area (Å²) in [6, 6.07) is 40.7. The molecule has 0 radical (unpaired) electrons. The van der Waals surface area contributed by atoms with E-state index in [-0.39, 0.29) is 99.3 Å². The van der Waals surface area contributed by atoms with E-state index in [0.29, 0.717) is 86.7 Å². The highest BCUT2D eigenvalue weighted by atomic mass is 16.5. The summed E-state index contributed by atoms with van der Waals surface area (Å²) in [4.78, 5) is 93.3. The van der Waals surface area contributed by atoms with Gasteiger partial charge in [-0.05, 0) is 168 Å². The van der Waals surface area contributed by atoms with E-state index < -0.39 is 6.09 Å². The van der Waals surface area contributed by atoms with Gasteiger partial charge in [-0.2, -0.15) is 0 Å². The molecule has 122 heavy (non-hydrogen) atoms. The third kappa shape index (κ3) is 28.5. The first-order chi connectivity index (χ1) is 59.3. The Bertz CT molecular complexity index is 4180. The predicted molar refractivity (Wildman–Crippen MR) is 492 cm³/mol. The molecule has 0 aromatic heterocycles. The zero-order valence-electron chi connectivity index (χ0n) is 75.1. The number of piperidine rings is 3. The molecule has 20 nitrogen and oxygen atoms in total. The van der Waals surface area contributed by atoms with Crippen LogP contribution in [0.3, 0.4) is 0 Å². The number of benzene rings is 4. The Morgan fingerprint density at radius 2 is 0.754 bits per heavy atom. The molecular weight excluding hydrogens is 1530 g/mol. The van der Waals surface area contributed by atoms with Gasteiger partial charge in [-0.15, -0.1) is 0 Å². The fourth-order valence-corrected chi connectivity index (χ4v) is 20.2. The third-order valence-corrected chi connectivity index (χ3v) is 27.3. The Morgan fingerprint density at radius 1 is 0.410 bits per heavy atom. The maximum Gasteiger partial charge on any atom is 0.407 e. The fraction of sp³-hybridized carbons (Fsp3) is 0.637. The normalized spacial score (nSPS) is 20.3. The van der Waals surface area contributed by atoms with E-state index in [1.165, 1.54) is 119 Å². The molecule has 3 saturated carbocycles. The fourth-order valence-electron chi connectivity index (χ4n) is 20.2. The quantitative estimate of drug-likeness (QED) is 0.0238. The molecule has 6 fully saturated rings. The predicted octanol–water partition coefficient (Wildman–Crippen LogP) is 17.0. The summed E-state index contributed by atoms with van der Waals surface area (Å²) in [6.45, 7) is 19.3. The largest absolute Gasteiger partial charge is 0.445 e. The van der Waals surface area contributed by atoms with Crippen molar-refractivity contribution in [1.82, 2.24) is 5.32 Å². The minimum Gasteiger partial charge on any atom is -0.445 e. The van der Waals surface area contributed by atoms with Crippen molar-refractivity contribution in [3.63, 3.8) is 0 Å². The van der Waals surface area contributed by atoms with Crippen LogP contribution in [0.1, 0.15) is 258 Å². The van der Waals surface area contributed by atoms with Crippen LogP contribution in [0, 0.1) is 60.2 Å². The lowest BCUT2D eigenvalue weighted by Crippen LogP contribution is -2.49. The first-order valence-electron chi connectivity index (χ1n) is 46.9. The molecule has 3 aliphatic carbocycles. The molecule has 0 spiro atoms. The van der Waals surface area contributed by atoms with E-state index >= 15 is 0 Å². The number of ether oxygens (including phenoxy) is 7. The van der Waals surface area contributed by atoms with E-state index in [1.807, 2.05) is 67.6 Å². The maximum absolute atomic E-state index is 12.9. The van der Waals surface area contributed by atoms with Gasteiger partial charge in [0.2, 0.25) is 32.6 Å². The van der Waals surface area contributed by atoms with Crippen LogP contribution >= 0.6 is 0 Å². The maximum atomic E-state index is 12.9. The number of hydrogen-bond acceptors (Lipinski definition) is 19. The Balaban J connectivity index is 0.000000174. The Morgan fingerprint density at radius 3 is 1.11 bits per heavy atom. The number of carbonyl (C=O) groups excluding carboxylic acids is 1. The van der Waals surface area contributed by atoms with Gasteiger partial charge in [0.15, 0.2) is 0 Å². The van der Waals surface area contributed by atoms with Crippen LogP contribution in [0.15, 0.2) is 150 Å². The molecule has 11 atom stereocenters. The van der Waals surface area contributed by atoms with Crippen molar-refractivity contribution in [3.05, 3.63) is 222 Å². The van der Waals surface area contributed by atoms with Gasteiger partial charge >= 0.3 is 6.09 Å². The van der Waals surface area contributed by atoms with Gasteiger partial charge in [-0.3, -0.25) is 28.8 Å². The standard InChI is InChI=1S/C32H47NO4.C31H46N2O4.C21H27NO4.C18H28N2O2/c1-23(2)27(20-24-12-6-4-7-13-24)21-28-29(31(35)30(28)34)33-17-10-16-26(22-33)32(37-19-11-18-36-3)25-14-8-5-9-15-25;1-22(32)26(19-23-11-5-3-6-12-23)20-27-28(30(35)29(27)34)33-16-9-15-25(21-33)31(37-18-10-17-36-2)24-13-7-4-8-14-24;1-15-18(20(24)19(15)23)22-11-6-10-17(14-22)21(26-13-7-12-25-2)16-8-4-3-5-9-16;1-14(17(19)12-15-8-4-2-5-9-15)20-18(21)22-13-16-10-6-3-7-11-16/h5,8-9,14-15,23-24,26-27,32H,4,6-7,10-13,16-22H2,1-3H3;4,7-8,13-14,22-23,25-26,31H,3,5-6,9-12,15-21,32H2,1-2H3;3-5,8-9,17,21H,6-7,10-14H2,1-2H3;3,6-7,10-11,14-15,17H,2,4-5,8-9,12-13,19H2,1H3,(H,20,21)/t26?,27-,32?;22-,25?,26-,31?;;14-,17+/m11.1/s1. The molecule has 7 aromatic rings. The highest BCUT2D eigenvalue weighted by molar-refractivity contribution is 5.67. The third-order valence-electron chi connectivity index (χ3n) is 27.3. The minimum atomic E-state index is -0.393. The van der Waals surface area contributed by atoms with Crippen molar-refractivity contribution in [3.8, 4) is 0 Å². The Kier molecular flexibility index (Phi) is 40.6. The first-order valence-corrected chi connectivity index (χ1v) is 46.9. The molecule has 3 heterocycles. The SMILES string of the molecule is COCCCOC(c1ccccc1)C1CCCN(c2c(C)c(=O)c2=O)C1.COCCCOC(c1ccccc1)C1CCCN(c2c(C[C@@H](CC3CCCCC3)C(C)C)c(=O)c2=O)C1.COCCCOC(c1ccccc1)C1CCCN(c2c(C[C@@H](CC3CCCCC3)[C@@H](C)N)c(=O)c2=O)C1.C[C@@H](NC(=O)OCc1ccccc1)[C@@H](N)CC1CCCCC1. The number of alkyl carbamates (subject to hydrolysis) is 1. The summed E-state index contributed by atoms with van der Waals surface area (Å²) >= 11 is 0. The summed E-state index contributed by atoms with van der Waals surface area (Å²) in [5.41, 5.74) is 19.5. The van der Waals surface area contributed by atoms with Gasteiger partial charge in [0.1, 0.15) is 6.61 Å². The molecule has 5 N–H and O–H groups in total. The first kappa shape index (κ1) is 96.7. The van der Waals surface area contributed by atoms with E-state index in [4.69, 9.17) is 44.6 Å². The molecule has 20 heteroatoms. The minimum absolute atomic E-state index is 0.00706. The van der Waals surface area contributed by atoms with E-state index in [9.17, 15) is 33.6 Å². The van der Waals surface area contributed by atoms with Crippen LogP contribution in [-0.2, 0) is 52.6 Å². The molecule has 7 aromatic carbocycles. The van der Waals surface area contributed by atoms with Crippen LogP contribution in [0.25, 0.3) is 0 Å². The van der Waals surface area contributed by atoms with Crippen LogP contribution in [0.2, 0.25) is 0 Å². The molecule has 670 valence electrons. The molecular formula is C102H148N6O14. The number of nitrogens with two attached hydrogens (primary N) is 2. The zero-order valence-corrected chi connectivity index (χ0v) is 75.1. The molecule has 3 aliphatic heterocycles. The monoisotopic (exact) mass is 1680 g/mol. The lowest BCUT2D eigenvalue weighted by Gasteiger charge is -2.39. The van der Waals surface area contributed by atoms with Gasteiger partial charge in [-0.25, -0.2) is 4.79 Å². The van der Waals surface area contributed by atoms with E-state index in [2.05, 4.69) is 101 Å². The second-order valence-corrected chi connectivity index (χ2v) is 36.7. The average molecular weight is 1680 g/mol. The van der Waals surface area contributed by atoms with Crippen molar-refractivity contribution in [2.24, 2.45) is 64.7 Å². The second-order valence-electron chi connectivity index (χ2n) is 36.7. The van der Waals surface area contributed by atoms with Crippen molar-refractivity contribution >= 4 is 23.2 Å². The van der Waals surface area contributed by atoms with Crippen molar-refractivity contribution < 1.29 is 38.0 Å². The van der Waals surface area contributed by atoms with Crippen molar-refractivity contribution in [1.29, 1.82) is 0 Å². The van der Waals surface area contributed by atoms with E-state index in [1.54, 1.807) is 28.3 Å². The van der Waals surface area contributed by atoms with Gasteiger partial charge < -0.3 is 64.6 Å². The molecule has 13 rings (SSSR count). The number of amides is 1. The number of methoxy groups -OCH3 is 3. The van der Waals surface area contributed by atoms with Gasteiger partial charge in [0, 0.05) is 153 Å². The highest BCUT2D eigenvalue weighted by Crippen LogP contribution is 2.41.